The number of methoxy groups -OCH3 is 1. The number of hydrogen-bond acceptors (Lipinski definition) is 4. The Morgan fingerprint density at radius 2 is 1.29 bits per heavy atom. The summed E-state index contributed by atoms with van der Waals surface area (Å²) in [6.07, 6.45) is 3.00. The predicted octanol–water partition coefficient (Wildman–Crippen LogP) is 5.55. The molecule has 0 unspecified atom stereocenters. The van der Waals surface area contributed by atoms with Gasteiger partial charge >= 0.3 is 5.97 Å². The molecule has 0 saturated heterocycles. The lowest BCUT2D eigenvalue weighted by Gasteiger charge is -2.27. The van der Waals surface area contributed by atoms with Crippen LogP contribution >= 0.6 is 7.05 Å². The Hall–Kier alpha value is -4.19. The molecule has 0 aliphatic heterocycles. The third kappa shape index (κ3) is 4.62. The fourth-order valence-electron chi connectivity index (χ4n) is 3.83. The average Bonchev–Trinajstić information content (AvgIpc) is 2.92. The van der Waals surface area contributed by atoms with Crippen molar-refractivity contribution in [3.05, 3.63) is 126 Å². The Bertz CT molecular complexity index is 1300. The van der Waals surface area contributed by atoms with Crippen LogP contribution in [0.5, 0.6) is 0 Å². The fraction of sp³-hybridized carbons (Fsp3) is 0.0345. The van der Waals surface area contributed by atoms with Crippen molar-refractivity contribution >= 4 is 40.7 Å². The molecule has 0 N–H and O–H groups in total. The molecule has 0 fully saturated rings. The van der Waals surface area contributed by atoms with Crippen LogP contribution in [0.3, 0.4) is 0 Å². The number of rotatable bonds is 6. The SMILES string of the molecule is COC(=O)/C=C/c1cccc(C#N)c1N=P(c1ccccc1)(c1ccccc1)c1ccccc1. The Morgan fingerprint density at radius 3 is 1.74 bits per heavy atom. The first-order valence-corrected chi connectivity index (χ1v) is 12.5. The van der Waals surface area contributed by atoms with Gasteiger partial charge in [0, 0.05) is 27.6 Å². The van der Waals surface area contributed by atoms with Crippen LogP contribution in [0.2, 0.25) is 0 Å². The molecule has 5 heteroatoms. The Labute approximate surface area is 199 Å². The highest BCUT2D eigenvalue weighted by Gasteiger charge is 2.28. The van der Waals surface area contributed by atoms with Crippen LogP contribution in [0.4, 0.5) is 5.69 Å². The van der Waals surface area contributed by atoms with E-state index in [9.17, 15) is 10.1 Å². The average molecular weight is 462 g/mol. The molecule has 0 aromatic heterocycles. The minimum Gasteiger partial charge on any atom is -0.466 e. The van der Waals surface area contributed by atoms with Gasteiger partial charge in [0.2, 0.25) is 0 Å². The number of ether oxygens (including phenoxy) is 1. The molecule has 166 valence electrons. The number of benzene rings is 4. The molecule has 4 nitrogen and oxygen atoms in total. The molecule has 4 rings (SSSR count). The van der Waals surface area contributed by atoms with Crippen molar-refractivity contribution in [3.63, 3.8) is 0 Å². The molecule has 0 aliphatic carbocycles. The number of esters is 1. The first kappa shape index (κ1) is 23.0. The predicted molar refractivity (Wildman–Crippen MR) is 139 cm³/mol. The summed E-state index contributed by atoms with van der Waals surface area (Å²) in [6.45, 7) is 0. The van der Waals surface area contributed by atoms with E-state index in [0.29, 0.717) is 16.8 Å². The quantitative estimate of drug-likeness (QED) is 0.214. The summed E-state index contributed by atoms with van der Waals surface area (Å²) in [5, 5.41) is 13.2. The maximum absolute atomic E-state index is 11.8. The van der Waals surface area contributed by atoms with Gasteiger partial charge in [0.1, 0.15) is 6.07 Å². The van der Waals surface area contributed by atoms with Gasteiger partial charge in [-0.3, -0.25) is 4.74 Å². The van der Waals surface area contributed by atoms with E-state index in [1.165, 1.54) is 13.2 Å². The van der Waals surface area contributed by atoms with Crippen LogP contribution in [0, 0.1) is 11.3 Å². The Balaban J connectivity index is 2.16. The molecule has 34 heavy (non-hydrogen) atoms. The van der Waals surface area contributed by atoms with E-state index in [1.54, 1.807) is 18.2 Å². The van der Waals surface area contributed by atoms with E-state index in [0.717, 1.165) is 15.9 Å². The molecular formula is C29H23N2O2P. The first-order chi connectivity index (χ1) is 16.7. The summed E-state index contributed by atoms with van der Waals surface area (Å²) in [4.78, 5) is 11.8. The van der Waals surface area contributed by atoms with E-state index >= 15 is 0 Å². The Morgan fingerprint density at radius 1 is 0.794 bits per heavy atom. The topological polar surface area (TPSA) is 62.5 Å². The molecule has 0 radical (unpaired) electrons. The lowest BCUT2D eigenvalue weighted by molar-refractivity contribution is -0.134. The fourth-order valence-corrected chi connectivity index (χ4v) is 7.40. The summed E-state index contributed by atoms with van der Waals surface area (Å²) in [7, 11) is -1.24. The zero-order valence-electron chi connectivity index (χ0n) is 18.7. The van der Waals surface area contributed by atoms with Gasteiger partial charge in [0.15, 0.2) is 0 Å². The zero-order valence-corrected chi connectivity index (χ0v) is 19.6. The van der Waals surface area contributed by atoms with Gasteiger partial charge in [-0.25, -0.2) is 4.79 Å². The zero-order chi connectivity index (χ0) is 23.8. The van der Waals surface area contributed by atoms with Crippen molar-refractivity contribution in [1.82, 2.24) is 0 Å². The van der Waals surface area contributed by atoms with Crippen molar-refractivity contribution in [2.45, 2.75) is 0 Å². The molecule has 0 amide bonds. The van der Waals surface area contributed by atoms with Gasteiger partial charge in [-0.2, -0.15) is 5.26 Å². The van der Waals surface area contributed by atoms with Crippen LogP contribution < -0.4 is 15.9 Å². The number of carbonyl (C=O) groups excluding carboxylic acids is 1. The van der Waals surface area contributed by atoms with Crippen LogP contribution in [-0.4, -0.2) is 13.1 Å². The highest BCUT2D eigenvalue weighted by Crippen LogP contribution is 2.50. The van der Waals surface area contributed by atoms with Crippen LogP contribution in [0.25, 0.3) is 6.08 Å². The van der Waals surface area contributed by atoms with E-state index in [4.69, 9.17) is 9.48 Å². The van der Waals surface area contributed by atoms with Gasteiger partial charge in [-0.1, -0.05) is 103 Å². The third-order valence-corrected chi connectivity index (χ3v) is 9.06. The van der Waals surface area contributed by atoms with Gasteiger partial charge in [0.25, 0.3) is 0 Å². The summed E-state index contributed by atoms with van der Waals surface area (Å²) < 4.78 is 10.2. The second-order valence-electron chi connectivity index (χ2n) is 7.45. The van der Waals surface area contributed by atoms with Crippen molar-refractivity contribution in [2.24, 2.45) is 4.74 Å². The molecule has 4 aromatic rings. The summed E-state index contributed by atoms with van der Waals surface area (Å²) >= 11 is 0. The Kier molecular flexibility index (Phi) is 7.18. The summed E-state index contributed by atoms with van der Waals surface area (Å²) in [5.74, 6) is -0.469. The second-order valence-corrected chi connectivity index (χ2v) is 10.5. The van der Waals surface area contributed by atoms with Crippen molar-refractivity contribution in [2.75, 3.05) is 7.11 Å². The number of nitriles is 1. The normalized spacial score (nSPS) is 11.1. The standard InChI is InChI=1S/C29H23N2O2P/c1-33-28(32)21-20-23-12-11-13-24(22-30)29(23)31-34(25-14-5-2-6-15-25,26-16-7-3-8-17-26)27-18-9-4-10-19-27/h2-21H,1H3/b21-20+. The summed E-state index contributed by atoms with van der Waals surface area (Å²) in [6, 6.07) is 38.3. The maximum Gasteiger partial charge on any atom is 0.330 e. The van der Waals surface area contributed by atoms with Crippen molar-refractivity contribution in [1.29, 1.82) is 5.26 Å². The number of carbonyl (C=O) groups is 1. The molecule has 4 aromatic carbocycles. The van der Waals surface area contributed by atoms with E-state index in [-0.39, 0.29) is 0 Å². The van der Waals surface area contributed by atoms with E-state index in [2.05, 4.69) is 42.5 Å². The van der Waals surface area contributed by atoms with Gasteiger partial charge in [0.05, 0.1) is 25.4 Å². The third-order valence-electron chi connectivity index (χ3n) is 5.43. The molecule has 0 saturated carbocycles. The number of hydrogen-bond donors (Lipinski definition) is 0. The monoisotopic (exact) mass is 462 g/mol. The molecule has 0 atom stereocenters. The highest BCUT2D eigenvalue weighted by molar-refractivity contribution is 7.87. The first-order valence-electron chi connectivity index (χ1n) is 10.8. The minimum absolute atomic E-state index is 0.444. The largest absolute Gasteiger partial charge is 0.466 e. The van der Waals surface area contributed by atoms with E-state index in [1.807, 2.05) is 60.7 Å². The molecule has 0 bridgehead atoms. The molecular weight excluding hydrogens is 439 g/mol. The minimum atomic E-state index is -2.57. The molecule has 0 heterocycles. The van der Waals surface area contributed by atoms with Gasteiger partial charge < -0.3 is 4.74 Å². The van der Waals surface area contributed by atoms with E-state index < -0.39 is 13.0 Å². The number of nitrogens with zero attached hydrogens (tertiary/aromatic N) is 2. The summed E-state index contributed by atoms with van der Waals surface area (Å²) in [5.41, 5.74) is 1.67. The van der Waals surface area contributed by atoms with Gasteiger partial charge in [-0.15, -0.1) is 0 Å². The lowest BCUT2D eigenvalue weighted by atomic mass is 10.1. The second kappa shape index (κ2) is 10.6. The highest BCUT2D eigenvalue weighted by atomic mass is 31.2. The molecule has 0 aliphatic rings. The van der Waals surface area contributed by atoms with Crippen molar-refractivity contribution in [3.8, 4) is 6.07 Å². The smallest absolute Gasteiger partial charge is 0.330 e. The molecule has 0 spiro atoms. The maximum atomic E-state index is 11.8. The van der Waals surface area contributed by atoms with Crippen LogP contribution in [0.1, 0.15) is 11.1 Å². The van der Waals surface area contributed by atoms with Crippen LogP contribution in [0.15, 0.2) is 120 Å². The van der Waals surface area contributed by atoms with Crippen molar-refractivity contribution < 1.29 is 9.53 Å². The lowest BCUT2D eigenvalue weighted by Crippen LogP contribution is -2.25. The van der Waals surface area contributed by atoms with Gasteiger partial charge in [-0.05, 0) is 12.1 Å². The van der Waals surface area contributed by atoms with Crippen LogP contribution in [-0.2, 0) is 9.53 Å².